The van der Waals surface area contributed by atoms with Crippen LogP contribution in [0.4, 0.5) is 0 Å². The highest BCUT2D eigenvalue weighted by molar-refractivity contribution is 6.74. The average Bonchev–Trinajstić information content (AvgIpc) is 2.67. The lowest BCUT2D eigenvalue weighted by molar-refractivity contribution is 0.262. The van der Waals surface area contributed by atoms with Crippen LogP contribution < -0.4 is 10.3 Å². The summed E-state index contributed by atoms with van der Waals surface area (Å²) in [6.07, 6.45) is 2.99. The first-order valence-corrected chi connectivity index (χ1v) is 10.2. The Kier molecular flexibility index (Phi) is 3.98. The summed E-state index contributed by atoms with van der Waals surface area (Å²) in [5, 5.41) is 1.43. The second-order valence-electron chi connectivity index (χ2n) is 6.89. The molecule has 0 bridgehead atoms. The van der Waals surface area contributed by atoms with E-state index in [1.165, 1.54) is 10.9 Å². The molecule has 1 aromatic heterocycles. The maximum atomic E-state index is 6.42. The number of aromatic nitrogens is 1. The van der Waals surface area contributed by atoms with Crippen LogP contribution >= 0.6 is 0 Å². The van der Waals surface area contributed by atoms with E-state index >= 15 is 0 Å². The number of hydrogen-bond acceptors (Lipinski definition) is 2. The van der Waals surface area contributed by atoms with Gasteiger partial charge in [0.25, 0.3) is 8.32 Å². The van der Waals surface area contributed by atoms with Gasteiger partial charge >= 0.3 is 0 Å². The molecule has 2 aromatic rings. The zero-order valence-electron chi connectivity index (χ0n) is 13.2. The maximum absolute atomic E-state index is 6.42. The molecule has 0 saturated carbocycles. The Labute approximate surface area is 122 Å². The van der Waals surface area contributed by atoms with Crippen LogP contribution in [0.15, 0.2) is 30.5 Å². The van der Waals surface area contributed by atoms with Crippen LogP contribution in [0.5, 0.6) is 0 Å². The largest absolute Gasteiger partial charge is 0.469 e. The molecule has 0 amide bonds. The number of nitrogens with zero attached hydrogens (tertiary/aromatic N) is 1. The Hall–Kier alpha value is -1.26. The highest BCUT2D eigenvalue weighted by Crippen LogP contribution is 2.35. The molecule has 110 valence electrons. The van der Waals surface area contributed by atoms with Crippen molar-refractivity contribution in [2.45, 2.75) is 45.3 Å². The second-order valence-corrected chi connectivity index (χ2v) is 11.6. The maximum Gasteiger partial charge on any atom is 0.284 e. The topological polar surface area (TPSA) is 40.2 Å². The monoisotopic (exact) mass is 290 g/mol. The minimum absolute atomic E-state index is 0.187. The minimum Gasteiger partial charge on any atom is -0.469 e. The molecule has 0 saturated heterocycles. The van der Waals surface area contributed by atoms with Gasteiger partial charge in [-0.05, 0) is 42.7 Å². The fourth-order valence-corrected chi connectivity index (χ4v) is 2.95. The van der Waals surface area contributed by atoms with Gasteiger partial charge in [0.2, 0.25) is 0 Å². The SMILES string of the molecule is CC(C)(C)[Si](C)(C)On1cc(CCN)c2ccccc21. The van der Waals surface area contributed by atoms with Crippen molar-refractivity contribution in [1.29, 1.82) is 0 Å². The van der Waals surface area contributed by atoms with Gasteiger partial charge in [-0.1, -0.05) is 39.0 Å². The molecule has 0 radical (unpaired) electrons. The Bertz CT molecular complexity index is 596. The van der Waals surface area contributed by atoms with Crippen molar-refractivity contribution in [2.24, 2.45) is 5.73 Å². The number of hydrogen-bond donors (Lipinski definition) is 1. The summed E-state index contributed by atoms with van der Waals surface area (Å²) in [6, 6.07) is 8.38. The standard InChI is InChI=1S/C16H26N2OSi/c1-16(2,3)20(4,5)19-18-12-13(10-11-17)14-8-6-7-9-15(14)18/h6-9,12H,10-11,17H2,1-5H3. The molecule has 0 spiro atoms. The molecule has 0 aliphatic carbocycles. The fourth-order valence-electron chi connectivity index (χ4n) is 2.03. The van der Waals surface area contributed by atoms with Crippen molar-refractivity contribution in [3.05, 3.63) is 36.0 Å². The van der Waals surface area contributed by atoms with Gasteiger partial charge < -0.3 is 10.3 Å². The Morgan fingerprint density at radius 3 is 2.45 bits per heavy atom. The Balaban J connectivity index is 2.45. The third-order valence-corrected chi connectivity index (χ3v) is 8.57. The van der Waals surface area contributed by atoms with Crippen LogP contribution in [-0.2, 0) is 6.42 Å². The van der Waals surface area contributed by atoms with Gasteiger partial charge in [0.1, 0.15) is 0 Å². The highest BCUT2D eigenvalue weighted by atomic mass is 28.4. The number of para-hydroxylation sites is 1. The summed E-state index contributed by atoms with van der Waals surface area (Å²) in [5.41, 5.74) is 8.12. The predicted octanol–water partition coefficient (Wildman–Crippen LogP) is 3.58. The molecular formula is C16H26N2OSi. The van der Waals surface area contributed by atoms with Crippen LogP contribution in [0.3, 0.4) is 0 Å². The van der Waals surface area contributed by atoms with E-state index in [4.69, 9.17) is 10.3 Å². The predicted molar refractivity (Wildman–Crippen MR) is 88.5 cm³/mol. The second kappa shape index (κ2) is 5.26. The Morgan fingerprint density at radius 2 is 1.85 bits per heavy atom. The van der Waals surface area contributed by atoms with E-state index < -0.39 is 8.32 Å². The molecule has 0 fully saturated rings. The lowest BCUT2D eigenvalue weighted by Crippen LogP contribution is -2.47. The summed E-state index contributed by atoms with van der Waals surface area (Å²) in [6.45, 7) is 12.0. The number of rotatable bonds is 4. The van der Waals surface area contributed by atoms with Crippen LogP contribution in [0.1, 0.15) is 26.3 Å². The Morgan fingerprint density at radius 1 is 1.20 bits per heavy atom. The summed E-state index contributed by atoms with van der Waals surface area (Å²) >= 11 is 0. The van der Waals surface area contributed by atoms with Crippen molar-refractivity contribution in [3.63, 3.8) is 0 Å². The number of nitrogens with two attached hydrogens (primary N) is 1. The van der Waals surface area contributed by atoms with Gasteiger partial charge in [-0.3, -0.25) is 0 Å². The fraction of sp³-hybridized carbons (Fsp3) is 0.500. The van der Waals surface area contributed by atoms with Gasteiger partial charge in [0.05, 0.1) is 5.52 Å². The first-order valence-electron chi connectivity index (χ1n) is 7.25. The summed E-state index contributed by atoms with van der Waals surface area (Å²) in [4.78, 5) is 0. The van der Waals surface area contributed by atoms with Gasteiger partial charge in [0.15, 0.2) is 0 Å². The first kappa shape index (κ1) is 15.1. The number of fused-ring (bicyclic) bond motifs is 1. The lowest BCUT2D eigenvalue weighted by Gasteiger charge is -2.36. The van der Waals surface area contributed by atoms with E-state index in [2.05, 4.69) is 64.3 Å². The summed E-state index contributed by atoms with van der Waals surface area (Å²) < 4.78 is 8.39. The van der Waals surface area contributed by atoms with E-state index in [1.54, 1.807) is 0 Å². The van der Waals surface area contributed by atoms with E-state index in [9.17, 15) is 0 Å². The molecule has 2 N–H and O–H groups in total. The zero-order valence-corrected chi connectivity index (χ0v) is 14.2. The third-order valence-electron chi connectivity index (χ3n) is 4.31. The molecule has 0 aliphatic heterocycles. The van der Waals surface area contributed by atoms with Crippen LogP contribution in [-0.4, -0.2) is 19.6 Å². The smallest absolute Gasteiger partial charge is 0.284 e. The molecule has 20 heavy (non-hydrogen) atoms. The van der Waals surface area contributed by atoms with Crippen molar-refractivity contribution < 1.29 is 4.53 Å². The molecule has 4 heteroatoms. The van der Waals surface area contributed by atoms with Gasteiger partial charge in [-0.2, -0.15) is 0 Å². The van der Waals surface area contributed by atoms with Crippen LogP contribution in [0, 0.1) is 0 Å². The highest BCUT2D eigenvalue weighted by Gasteiger charge is 2.40. The van der Waals surface area contributed by atoms with Gasteiger partial charge in [0, 0.05) is 11.6 Å². The molecule has 0 unspecified atom stereocenters. The zero-order chi connectivity index (χ0) is 15.0. The van der Waals surface area contributed by atoms with E-state index in [0.29, 0.717) is 6.54 Å². The molecule has 3 nitrogen and oxygen atoms in total. The van der Waals surface area contributed by atoms with Crippen LogP contribution in [0.25, 0.3) is 10.9 Å². The minimum atomic E-state index is -1.84. The summed E-state index contributed by atoms with van der Waals surface area (Å²) in [5.74, 6) is 0. The lowest BCUT2D eigenvalue weighted by atomic mass is 10.1. The van der Waals surface area contributed by atoms with Crippen LogP contribution in [0.2, 0.25) is 18.1 Å². The summed E-state index contributed by atoms with van der Waals surface area (Å²) in [7, 11) is -1.84. The van der Waals surface area contributed by atoms with E-state index in [-0.39, 0.29) is 5.04 Å². The molecule has 1 aromatic carbocycles. The molecular weight excluding hydrogens is 264 g/mol. The molecule has 1 heterocycles. The molecule has 2 rings (SSSR count). The van der Waals surface area contributed by atoms with Crippen molar-refractivity contribution in [3.8, 4) is 0 Å². The van der Waals surface area contributed by atoms with Crippen molar-refractivity contribution in [1.82, 2.24) is 4.73 Å². The van der Waals surface area contributed by atoms with E-state index in [0.717, 1.165) is 11.9 Å². The van der Waals surface area contributed by atoms with Crippen molar-refractivity contribution in [2.75, 3.05) is 6.54 Å². The van der Waals surface area contributed by atoms with Gasteiger partial charge in [-0.15, -0.1) is 0 Å². The van der Waals surface area contributed by atoms with Crippen molar-refractivity contribution >= 4 is 19.2 Å². The molecule has 0 aliphatic rings. The van der Waals surface area contributed by atoms with Gasteiger partial charge in [-0.25, -0.2) is 4.73 Å². The normalized spacial score (nSPS) is 12.9. The first-order chi connectivity index (χ1) is 9.26. The van der Waals surface area contributed by atoms with E-state index in [1.807, 2.05) is 4.73 Å². The number of benzene rings is 1. The third kappa shape index (κ3) is 2.76. The average molecular weight is 290 g/mol. The molecule has 0 atom stereocenters. The quantitative estimate of drug-likeness (QED) is 0.874.